The minimum Gasteiger partial charge on any atom is -0.345 e. The quantitative estimate of drug-likeness (QED) is 0.647. The Kier molecular flexibility index (Phi) is 7.92. The molecule has 2 aromatic rings. The monoisotopic (exact) mass is 449 g/mol. The van der Waals surface area contributed by atoms with Crippen molar-refractivity contribution in [2.45, 2.75) is 52.2 Å². The van der Waals surface area contributed by atoms with Gasteiger partial charge in [0, 0.05) is 25.2 Å². The molecule has 2 heterocycles. The van der Waals surface area contributed by atoms with Crippen LogP contribution in [0, 0.1) is 5.92 Å². The number of hydrogen-bond donors (Lipinski definition) is 2. The van der Waals surface area contributed by atoms with Crippen LogP contribution in [0.15, 0.2) is 53.7 Å². The Bertz CT molecular complexity index is 1040. The summed E-state index contributed by atoms with van der Waals surface area (Å²) in [6, 6.07) is 12.1. The summed E-state index contributed by atoms with van der Waals surface area (Å²) in [5, 5.41) is 5.40. The van der Waals surface area contributed by atoms with E-state index in [1.807, 2.05) is 36.4 Å². The van der Waals surface area contributed by atoms with Crippen molar-refractivity contribution in [3.05, 3.63) is 59.9 Å². The number of pyridine rings is 1. The van der Waals surface area contributed by atoms with Crippen molar-refractivity contribution >= 4 is 29.1 Å². The highest BCUT2D eigenvalue weighted by Gasteiger charge is 2.32. The average molecular weight is 450 g/mol. The number of benzodiazepines with no additional fused rings is 1. The SMILES string of the molecule is CC(C)CCCC(=O)N[C@@H](C)C(=O)N[C@H]1N=C(c2ccccn2)c2ccccc2N(C)C1=O. The van der Waals surface area contributed by atoms with Gasteiger partial charge in [0.25, 0.3) is 5.91 Å². The van der Waals surface area contributed by atoms with E-state index in [0.717, 1.165) is 18.4 Å². The fourth-order valence-corrected chi connectivity index (χ4v) is 3.63. The summed E-state index contributed by atoms with van der Waals surface area (Å²) < 4.78 is 0. The van der Waals surface area contributed by atoms with E-state index in [1.54, 1.807) is 26.2 Å². The molecule has 0 saturated carbocycles. The van der Waals surface area contributed by atoms with Crippen LogP contribution in [0.1, 0.15) is 51.3 Å². The van der Waals surface area contributed by atoms with Crippen molar-refractivity contribution in [2.75, 3.05) is 11.9 Å². The first-order valence-electron chi connectivity index (χ1n) is 11.2. The lowest BCUT2D eigenvalue weighted by Gasteiger charge is -2.22. The number of hydrogen-bond acceptors (Lipinski definition) is 5. The van der Waals surface area contributed by atoms with Gasteiger partial charge < -0.3 is 15.5 Å². The smallest absolute Gasteiger partial charge is 0.272 e. The van der Waals surface area contributed by atoms with Gasteiger partial charge in [-0.2, -0.15) is 0 Å². The minimum absolute atomic E-state index is 0.187. The molecule has 0 saturated heterocycles. The number of nitrogens with zero attached hydrogens (tertiary/aromatic N) is 3. The summed E-state index contributed by atoms with van der Waals surface area (Å²) in [6.45, 7) is 5.80. The third kappa shape index (κ3) is 6.03. The highest BCUT2D eigenvalue weighted by molar-refractivity contribution is 6.19. The Morgan fingerprint density at radius 2 is 1.82 bits per heavy atom. The van der Waals surface area contributed by atoms with E-state index >= 15 is 0 Å². The second-order valence-corrected chi connectivity index (χ2v) is 8.59. The maximum atomic E-state index is 13.2. The standard InChI is InChI=1S/C25H31N5O3/c1-16(2)10-9-14-21(31)27-17(3)24(32)29-23-25(33)30(4)20-13-6-5-11-18(20)22(28-23)19-12-7-8-15-26-19/h5-8,11-13,15-17,23H,9-10,14H2,1-4H3,(H,27,31)(H,29,32)/t17-,23+/m0/s1. The molecule has 8 heteroatoms. The van der Waals surface area contributed by atoms with E-state index in [1.165, 1.54) is 4.90 Å². The molecule has 1 aromatic carbocycles. The second kappa shape index (κ2) is 10.8. The number of anilines is 1. The minimum atomic E-state index is -1.15. The molecule has 33 heavy (non-hydrogen) atoms. The number of para-hydroxylation sites is 1. The van der Waals surface area contributed by atoms with Crippen molar-refractivity contribution < 1.29 is 14.4 Å². The molecule has 1 aliphatic heterocycles. The van der Waals surface area contributed by atoms with Crippen molar-refractivity contribution in [3.8, 4) is 0 Å². The Morgan fingerprint density at radius 3 is 2.52 bits per heavy atom. The number of amides is 3. The van der Waals surface area contributed by atoms with E-state index in [-0.39, 0.29) is 11.8 Å². The lowest BCUT2D eigenvalue weighted by molar-refractivity contribution is -0.130. The molecule has 3 rings (SSSR count). The predicted molar refractivity (Wildman–Crippen MR) is 128 cm³/mol. The summed E-state index contributed by atoms with van der Waals surface area (Å²) >= 11 is 0. The maximum Gasteiger partial charge on any atom is 0.272 e. The Labute approximate surface area is 194 Å². The number of carbonyl (C=O) groups is 3. The summed E-state index contributed by atoms with van der Waals surface area (Å²) in [5.41, 5.74) is 2.53. The van der Waals surface area contributed by atoms with Crippen molar-refractivity contribution in [1.82, 2.24) is 15.6 Å². The summed E-state index contributed by atoms with van der Waals surface area (Å²) in [5.74, 6) is -0.522. The maximum absolute atomic E-state index is 13.2. The van der Waals surface area contributed by atoms with Crippen LogP contribution in [-0.4, -0.2) is 47.7 Å². The van der Waals surface area contributed by atoms with Gasteiger partial charge in [-0.05, 0) is 37.5 Å². The van der Waals surface area contributed by atoms with E-state index in [0.29, 0.717) is 29.4 Å². The highest BCUT2D eigenvalue weighted by Crippen LogP contribution is 2.26. The van der Waals surface area contributed by atoms with E-state index in [4.69, 9.17) is 0 Å². The lowest BCUT2D eigenvalue weighted by Crippen LogP contribution is -2.52. The average Bonchev–Trinajstić information content (AvgIpc) is 2.90. The van der Waals surface area contributed by atoms with Gasteiger partial charge in [0.05, 0.1) is 17.1 Å². The van der Waals surface area contributed by atoms with Crippen LogP contribution in [0.4, 0.5) is 5.69 Å². The fraction of sp³-hybridized carbons (Fsp3) is 0.400. The summed E-state index contributed by atoms with van der Waals surface area (Å²) in [6.07, 6.45) is 2.58. The van der Waals surface area contributed by atoms with Gasteiger partial charge in [0.1, 0.15) is 6.04 Å². The van der Waals surface area contributed by atoms with E-state index in [9.17, 15) is 14.4 Å². The van der Waals surface area contributed by atoms with Gasteiger partial charge in [-0.25, -0.2) is 4.99 Å². The largest absolute Gasteiger partial charge is 0.345 e. The topological polar surface area (TPSA) is 104 Å². The first-order valence-corrected chi connectivity index (χ1v) is 11.2. The van der Waals surface area contributed by atoms with Crippen molar-refractivity contribution in [3.63, 3.8) is 0 Å². The van der Waals surface area contributed by atoms with Crippen LogP contribution < -0.4 is 15.5 Å². The molecule has 1 aliphatic rings. The number of aliphatic imine (C=N–C) groups is 1. The third-order valence-electron chi connectivity index (χ3n) is 5.49. The molecule has 0 aliphatic carbocycles. The van der Waals surface area contributed by atoms with Gasteiger partial charge in [0.15, 0.2) is 0 Å². The van der Waals surface area contributed by atoms with E-state index < -0.39 is 18.1 Å². The Balaban J connectivity index is 1.80. The number of nitrogens with one attached hydrogen (secondary N) is 2. The summed E-state index contributed by atoms with van der Waals surface area (Å²) in [4.78, 5) is 48.7. The first-order chi connectivity index (χ1) is 15.8. The van der Waals surface area contributed by atoms with Crippen LogP contribution in [0.3, 0.4) is 0 Å². The molecular weight excluding hydrogens is 418 g/mol. The Hall–Kier alpha value is -3.55. The van der Waals surface area contributed by atoms with Crippen LogP contribution in [-0.2, 0) is 14.4 Å². The number of carbonyl (C=O) groups excluding carboxylic acids is 3. The normalized spacial score (nSPS) is 16.5. The first kappa shape index (κ1) is 24.1. The van der Waals surface area contributed by atoms with Crippen molar-refractivity contribution in [1.29, 1.82) is 0 Å². The zero-order chi connectivity index (χ0) is 24.0. The molecule has 2 N–H and O–H groups in total. The summed E-state index contributed by atoms with van der Waals surface area (Å²) in [7, 11) is 1.65. The molecule has 8 nitrogen and oxygen atoms in total. The Morgan fingerprint density at radius 1 is 1.09 bits per heavy atom. The zero-order valence-electron chi connectivity index (χ0n) is 19.5. The van der Waals surface area contributed by atoms with Crippen molar-refractivity contribution in [2.24, 2.45) is 10.9 Å². The fourth-order valence-electron chi connectivity index (χ4n) is 3.63. The zero-order valence-corrected chi connectivity index (χ0v) is 19.5. The lowest BCUT2D eigenvalue weighted by atomic mass is 10.0. The molecule has 174 valence electrons. The number of rotatable bonds is 8. The second-order valence-electron chi connectivity index (χ2n) is 8.59. The predicted octanol–water partition coefficient (Wildman–Crippen LogP) is 2.67. The van der Waals surface area contributed by atoms with Gasteiger partial charge in [-0.15, -0.1) is 0 Å². The van der Waals surface area contributed by atoms with Gasteiger partial charge in [-0.1, -0.05) is 44.5 Å². The number of aromatic nitrogens is 1. The van der Waals surface area contributed by atoms with Crippen LogP contribution >= 0.6 is 0 Å². The number of likely N-dealkylation sites (N-methyl/N-ethyl adjacent to an activating group) is 1. The van der Waals surface area contributed by atoms with Gasteiger partial charge in [-0.3, -0.25) is 19.4 Å². The molecule has 0 unspecified atom stereocenters. The number of benzene rings is 1. The highest BCUT2D eigenvalue weighted by atomic mass is 16.2. The van der Waals surface area contributed by atoms with E-state index in [2.05, 4.69) is 34.5 Å². The molecular formula is C25H31N5O3. The number of fused-ring (bicyclic) bond motifs is 1. The molecule has 0 spiro atoms. The van der Waals surface area contributed by atoms with Crippen LogP contribution in [0.2, 0.25) is 0 Å². The molecule has 0 bridgehead atoms. The third-order valence-corrected chi connectivity index (χ3v) is 5.49. The molecule has 3 amide bonds. The molecule has 0 radical (unpaired) electrons. The van der Waals surface area contributed by atoms with Gasteiger partial charge in [0.2, 0.25) is 18.0 Å². The molecule has 1 aromatic heterocycles. The molecule has 2 atom stereocenters. The van der Waals surface area contributed by atoms with Gasteiger partial charge >= 0.3 is 0 Å². The molecule has 0 fully saturated rings. The van der Waals surface area contributed by atoms with Crippen LogP contribution in [0.5, 0.6) is 0 Å². The van der Waals surface area contributed by atoms with Crippen LogP contribution in [0.25, 0.3) is 0 Å².